The van der Waals surface area contributed by atoms with Gasteiger partial charge in [0.05, 0.1) is 12.1 Å². The van der Waals surface area contributed by atoms with E-state index in [1.807, 2.05) is 18.2 Å². The molecule has 2 amide bonds. The molecule has 0 saturated heterocycles. The molecular formula is C17H24N4O2S. The number of hydrogen-bond donors (Lipinski definition) is 2. The molecule has 130 valence electrons. The highest BCUT2D eigenvalue weighted by Gasteiger charge is 2.28. The van der Waals surface area contributed by atoms with Gasteiger partial charge in [0.25, 0.3) is 0 Å². The van der Waals surface area contributed by atoms with E-state index in [1.165, 1.54) is 16.2 Å². The van der Waals surface area contributed by atoms with Crippen LogP contribution in [0.4, 0.5) is 9.93 Å². The Balaban J connectivity index is 2.09. The Morgan fingerprint density at radius 2 is 1.83 bits per heavy atom. The second-order valence-corrected chi connectivity index (χ2v) is 7.98. The van der Waals surface area contributed by atoms with Crippen LogP contribution in [-0.4, -0.2) is 45.4 Å². The van der Waals surface area contributed by atoms with Crippen LogP contribution in [0, 0.1) is 0 Å². The smallest absolute Gasteiger partial charge is 0.323 e. The topological polar surface area (TPSA) is 78.4 Å². The molecule has 1 heterocycles. The fraction of sp³-hybridized carbons (Fsp3) is 0.471. The maximum Gasteiger partial charge on any atom is 0.323 e. The van der Waals surface area contributed by atoms with Crippen molar-refractivity contribution in [3.63, 3.8) is 0 Å². The Hall–Kier alpha value is -1.99. The van der Waals surface area contributed by atoms with E-state index in [1.54, 1.807) is 20.9 Å². The summed E-state index contributed by atoms with van der Waals surface area (Å²) in [7, 11) is 1.63. The fourth-order valence-corrected chi connectivity index (χ4v) is 3.20. The first-order valence-electron chi connectivity index (χ1n) is 7.73. The number of aromatic nitrogens is 2. The van der Waals surface area contributed by atoms with E-state index in [4.69, 9.17) is 0 Å². The van der Waals surface area contributed by atoms with Crippen LogP contribution < -0.4 is 5.32 Å². The Kier molecular flexibility index (Phi) is 5.25. The number of hydrogen-bond acceptors (Lipinski definition) is 5. The lowest BCUT2D eigenvalue weighted by Gasteiger charge is -2.25. The van der Waals surface area contributed by atoms with Crippen molar-refractivity contribution < 1.29 is 9.90 Å². The molecule has 0 saturated carbocycles. The molecule has 0 unspecified atom stereocenters. The molecule has 0 spiro atoms. The molecule has 1 aromatic heterocycles. The first-order chi connectivity index (χ1) is 11.1. The zero-order valence-electron chi connectivity index (χ0n) is 14.7. The Morgan fingerprint density at radius 3 is 2.42 bits per heavy atom. The van der Waals surface area contributed by atoms with Gasteiger partial charge in [-0.1, -0.05) is 41.7 Å². The number of likely N-dealkylation sites (N-methyl/N-ethyl adjacent to an activating group) is 1. The molecule has 7 heteroatoms. The molecule has 0 radical (unpaired) electrons. The van der Waals surface area contributed by atoms with Crippen LogP contribution in [0.25, 0.3) is 0 Å². The third-order valence-electron chi connectivity index (χ3n) is 3.64. The monoisotopic (exact) mass is 348 g/mol. The number of rotatable bonds is 5. The maximum atomic E-state index is 12.2. The maximum absolute atomic E-state index is 12.2. The summed E-state index contributed by atoms with van der Waals surface area (Å²) in [4.78, 5) is 13.6. The van der Waals surface area contributed by atoms with Crippen LogP contribution in [0.5, 0.6) is 0 Å². The number of carbonyl (C=O) groups excluding carboxylic acids is 1. The molecule has 1 aromatic carbocycles. The van der Waals surface area contributed by atoms with E-state index in [0.717, 1.165) is 10.6 Å². The van der Waals surface area contributed by atoms with E-state index in [0.29, 0.717) is 5.13 Å². The lowest BCUT2D eigenvalue weighted by Crippen LogP contribution is -2.41. The van der Waals surface area contributed by atoms with E-state index < -0.39 is 5.60 Å². The van der Waals surface area contributed by atoms with Crippen molar-refractivity contribution >= 4 is 22.5 Å². The number of nitrogens with zero attached hydrogens (tertiary/aromatic N) is 3. The van der Waals surface area contributed by atoms with Gasteiger partial charge in [-0.05, 0) is 33.3 Å². The van der Waals surface area contributed by atoms with E-state index in [2.05, 4.69) is 41.5 Å². The summed E-state index contributed by atoms with van der Waals surface area (Å²) in [5.41, 5.74) is -0.104. The van der Waals surface area contributed by atoms with Crippen LogP contribution in [-0.2, 0) is 5.41 Å². The van der Waals surface area contributed by atoms with Crippen molar-refractivity contribution in [2.45, 2.75) is 38.7 Å². The summed E-state index contributed by atoms with van der Waals surface area (Å²) < 4.78 is 0. The normalized spacial score (nSPS) is 12.1. The lowest BCUT2D eigenvalue weighted by molar-refractivity contribution is 0.0550. The number of urea groups is 1. The minimum absolute atomic E-state index is 0.222. The molecule has 2 N–H and O–H groups in total. The number of aliphatic hydroxyl groups is 1. The van der Waals surface area contributed by atoms with Gasteiger partial charge in [0.15, 0.2) is 0 Å². The van der Waals surface area contributed by atoms with Crippen LogP contribution in [0.2, 0.25) is 0 Å². The lowest BCUT2D eigenvalue weighted by atomic mass is 9.85. The van der Waals surface area contributed by atoms with Crippen molar-refractivity contribution in [1.82, 2.24) is 15.1 Å². The minimum Gasteiger partial charge on any atom is -0.389 e. The summed E-state index contributed by atoms with van der Waals surface area (Å²) in [5.74, 6) is 0. The van der Waals surface area contributed by atoms with Crippen LogP contribution >= 0.6 is 11.3 Å². The predicted octanol–water partition coefficient (Wildman–Crippen LogP) is 3.10. The van der Waals surface area contributed by atoms with Gasteiger partial charge in [0.1, 0.15) is 5.01 Å². The van der Waals surface area contributed by atoms with Crippen molar-refractivity contribution in [2.75, 3.05) is 18.9 Å². The molecule has 2 aromatic rings. The first kappa shape index (κ1) is 18.4. The molecule has 0 bridgehead atoms. The van der Waals surface area contributed by atoms with Gasteiger partial charge in [0, 0.05) is 12.5 Å². The quantitative estimate of drug-likeness (QED) is 0.870. The standard InChI is InChI=1S/C17H24N4O2S/c1-16(2,23)11-21(5)15(22)18-14-20-19-13(24-14)17(3,4)12-9-7-6-8-10-12/h6-10,23H,11H2,1-5H3,(H,18,20,22). The van der Waals surface area contributed by atoms with Crippen molar-refractivity contribution in [2.24, 2.45) is 0 Å². The average molecular weight is 348 g/mol. The molecule has 2 rings (SSSR count). The molecule has 6 nitrogen and oxygen atoms in total. The SMILES string of the molecule is CN(CC(C)(C)O)C(=O)Nc1nnc(C(C)(C)c2ccccc2)s1. The summed E-state index contributed by atoms with van der Waals surface area (Å²) >= 11 is 1.36. The Morgan fingerprint density at radius 1 is 1.21 bits per heavy atom. The molecule has 0 atom stereocenters. The van der Waals surface area contributed by atoms with Gasteiger partial charge in [-0.2, -0.15) is 0 Å². The van der Waals surface area contributed by atoms with Crippen molar-refractivity contribution in [3.8, 4) is 0 Å². The van der Waals surface area contributed by atoms with Gasteiger partial charge in [-0.15, -0.1) is 10.2 Å². The third kappa shape index (κ3) is 4.52. The number of carbonyl (C=O) groups is 1. The van der Waals surface area contributed by atoms with Crippen LogP contribution in [0.15, 0.2) is 30.3 Å². The highest BCUT2D eigenvalue weighted by atomic mass is 32.1. The van der Waals surface area contributed by atoms with Gasteiger partial charge >= 0.3 is 6.03 Å². The molecule has 0 aliphatic carbocycles. The summed E-state index contributed by atoms with van der Waals surface area (Å²) in [6, 6.07) is 9.74. The minimum atomic E-state index is -0.951. The second-order valence-electron chi connectivity index (χ2n) is 7.00. The second kappa shape index (κ2) is 6.86. The van der Waals surface area contributed by atoms with E-state index in [-0.39, 0.29) is 18.0 Å². The summed E-state index contributed by atoms with van der Waals surface area (Å²) in [5, 5.41) is 22.1. The molecule has 0 aliphatic heterocycles. The fourth-order valence-electron chi connectivity index (χ4n) is 2.34. The van der Waals surface area contributed by atoms with Gasteiger partial charge in [-0.25, -0.2) is 4.79 Å². The highest BCUT2D eigenvalue weighted by molar-refractivity contribution is 7.15. The Labute approximate surface area is 146 Å². The van der Waals surface area contributed by atoms with Crippen LogP contribution in [0.3, 0.4) is 0 Å². The van der Waals surface area contributed by atoms with Gasteiger partial charge < -0.3 is 10.0 Å². The molecule has 24 heavy (non-hydrogen) atoms. The number of amides is 2. The largest absolute Gasteiger partial charge is 0.389 e. The number of nitrogens with one attached hydrogen (secondary N) is 1. The van der Waals surface area contributed by atoms with Crippen LogP contribution in [0.1, 0.15) is 38.3 Å². The zero-order valence-corrected chi connectivity index (χ0v) is 15.5. The average Bonchev–Trinajstić information content (AvgIpc) is 2.95. The highest BCUT2D eigenvalue weighted by Crippen LogP contribution is 2.34. The van der Waals surface area contributed by atoms with Gasteiger partial charge in [0.2, 0.25) is 5.13 Å². The summed E-state index contributed by atoms with van der Waals surface area (Å²) in [6.07, 6.45) is 0. The predicted molar refractivity (Wildman–Crippen MR) is 96.4 cm³/mol. The Bertz CT molecular complexity index is 692. The van der Waals surface area contributed by atoms with Crippen molar-refractivity contribution in [1.29, 1.82) is 0 Å². The zero-order chi connectivity index (χ0) is 18.0. The number of benzene rings is 1. The van der Waals surface area contributed by atoms with E-state index >= 15 is 0 Å². The first-order valence-corrected chi connectivity index (χ1v) is 8.55. The van der Waals surface area contributed by atoms with Gasteiger partial charge in [-0.3, -0.25) is 5.32 Å². The van der Waals surface area contributed by atoms with Crippen molar-refractivity contribution in [3.05, 3.63) is 40.9 Å². The third-order valence-corrected chi connectivity index (χ3v) is 4.80. The molecular weight excluding hydrogens is 324 g/mol. The number of anilines is 1. The molecule has 0 aliphatic rings. The summed E-state index contributed by atoms with van der Waals surface area (Å²) in [6.45, 7) is 7.69. The molecule has 0 fully saturated rings. The van der Waals surface area contributed by atoms with E-state index in [9.17, 15) is 9.90 Å².